The van der Waals surface area contributed by atoms with Gasteiger partial charge in [-0.25, -0.2) is 9.07 Å². The molecule has 6 nitrogen and oxygen atoms in total. The number of carbonyl (C=O) groups excluding carboxylic acids is 1. The van der Waals surface area contributed by atoms with Crippen molar-refractivity contribution >= 4 is 17.5 Å². The number of methoxy groups -OCH3 is 1. The zero-order valence-corrected chi connectivity index (χ0v) is 16.1. The lowest BCUT2D eigenvalue weighted by Crippen LogP contribution is -2.21. The summed E-state index contributed by atoms with van der Waals surface area (Å²) in [6.07, 6.45) is 5.05. The number of carbonyl (C=O) groups is 1. The van der Waals surface area contributed by atoms with Gasteiger partial charge >= 0.3 is 0 Å². The Kier molecular flexibility index (Phi) is 7.57. The number of hydrogen-bond acceptors (Lipinski definition) is 4. The van der Waals surface area contributed by atoms with Crippen molar-refractivity contribution in [3.8, 4) is 11.6 Å². The first-order valence-electron chi connectivity index (χ1n) is 8.18. The molecule has 144 valence electrons. The maximum absolute atomic E-state index is 14.0. The highest BCUT2D eigenvalue weighted by Crippen LogP contribution is 2.19. The van der Waals surface area contributed by atoms with E-state index in [2.05, 4.69) is 10.4 Å². The van der Waals surface area contributed by atoms with Gasteiger partial charge in [-0.15, -0.1) is 5.10 Å². The maximum Gasteiger partial charge on any atom is 0.251 e. The number of amides is 1. The van der Waals surface area contributed by atoms with Crippen LogP contribution in [0.1, 0.15) is 6.92 Å². The van der Waals surface area contributed by atoms with Crippen molar-refractivity contribution < 1.29 is 18.7 Å². The third-order valence-corrected chi connectivity index (χ3v) is 3.93. The van der Waals surface area contributed by atoms with Crippen LogP contribution in [0.2, 0.25) is 5.02 Å². The summed E-state index contributed by atoms with van der Waals surface area (Å²) in [6, 6.07) is 5.96. The van der Waals surface area contributed by atoms with Crippen LogP contribution in [0.4, 0.5) is 4.39 Å². The summed E-state index contributed by atoms with van der Waals surface area (Å²) >= 11 is 5.76. The molecule has 0 saturated heterocycles. The number of benzene rings is 1. The van der Waals surface area contributed by atoms with Gasteiger partial charge in [-0.1, -0.05) is 11.6 Å². The topological polar surface area (TPSA) is 65.4 Å². The van der Waals surface area contributed by atoms with Gasteiger partial charge in [-0.05, 0) is 42.8 Å². The Morgan fingerprint density at radius 3 is 2.78 bits per heavy atom. The van der Waals surface area contributed by atoms with Crippen molar-refractivity contribution in [2.24, 2.45) is 0 Å². The lowest BCUT2D eigenvalue weighted by Gasteiger charge is -2.07. The van der Waals surface area contributed by atoms with E-state index in [1.54, 1.807) is 44.6 Å². The van der Waals surface area contributed by atoms with Crippen molar-refractivity contribution in [3.05, 3.63) is 64.6 Å². The summed E-state index contributed by atoms with van der Waals surface area (Å²) in [5, 5.41) is 7.08. The minimum atomic E-state index is -0.480. The van der Waals surface area contributed by atoms with Crippen LogP contribution in [-0.4, -0.2) is 43.1 Å². The molecule has 1 heterocycles. The van der Waals surface area contributed by atoms with Gasteiger partial charge in [-0.3, -0.25) is 4.79 Å². The van der Waals surface area contributed by atoms with Gasteiger partial charge in [-0.2, -0.15) is 0 Å². The van der Waals surface area contributed by atoms with Crippen molar-refractivity contribution in [2.75, 3.05) is 27.4 Å². The first kappa shape index (κ1) is 20.7. The molecule has 1 aromatic carbocycles. The lowest BCUT2D eigenvalue weighted by molar-refractivity contribution is -0.116. The maximum atomic E-state index is 14.0. The molecule has 1 N–H and O–H groups in total. The highest BCUT2D eigenvalue weighted by Gasteiger charge is 2.10. The molecule has 1 amide bonds. The number of aromatic nitrogens is 2. The SMILES string of the molecule is CNC(=O)C(=C\COC)/C(C)=C\COc1ccn(-c2ccc(Cl)cc2F)n1. The van der Waals surface area contributed by atoms with E-state index < -0.39 is 5.82 Å². The van der Waals surface area contributed by atoms with Crippen LogP contribution < -0.4 is 10.1 Å². The lowest BCUT2D eigenvalue weighted by atomic mass is 10.1. The normalized spacial score (nSPS) is 12.2. The average molecular weight is 394 g/mol. The predicted octanol–water partition coefficient (Wildman–Crippen LogP) is 3.31. The van der Waals surface area contributed by atoms with E-state index in [-0.39, 0.29) is 18.2 Å². The molecule has 8 heteroatoms. The molecule has 0 atom stereocenters. The first-order chi connectivity index (χ1) is 13.0. The molecule has 0 unspecified atom stereocenters. The van der Waals surface area contributed by atoms with Crippen LogP contribution >= 0.6 is 11.6 Å². The monoisotopic (exact) mass is 393 g/mol. The van der Waals surface area contributed by atoms with Crippen molar-refractivity contribution in [2.45, 2.75) is 6.92 Å². The molecule has 0 saturated carbocycles. The third kappa shape index (κ3) is 5.67. The molecule has 2 rings (SSSR count). The number of halogens is 2. The fourth-order valence-electron chi connectivity index (χ4n) is 2.28. The fourth-order valence-corrected chi connectivity index (χ4v) is 2.44. The molecule has 1 aromatic heterocycles. The third-order valence-electron chi connectivity index (χ3n) is 3.69. The summed E-state index contributed by atoms with van der Waals surface area (Å²) in [6.45, 7) is 2.33. The highest BCUT2D eigenvalue weighted by molar-refractivity contribution is 6.30. The first-order valence-corrected chi connectivity index (χ1v) is 8.56. The zero-order valence-electron chi connectivity index (χ0n) is 15.3. The van der Waals surface area contributed by atoms with Crippen LogP contribution in [0.3, 0.4) is 0 Å². The van der Waals surface area contributed by atoms with E-state index in [1.165, 1.54) is 16.8 Å². The molecule has 0 fully saturated rings. The van der Waals surface area contributed by atoms with Gasteiger partial charge in [0, 0.05) is 37.0 Å². The Balaban J connectivity index is 2.05. The highest BCUT2D eigenvalue weighted by atomic mass is 35.5. The van der Waals surface area contributed by atoms with Gasteiger partial charge < -0.3 is 14.8 Å². The van der Waals surface area contributed by atoms with Crippen LogP contribution in [0, 0.1) is 5.82 Å². The summed E-state index contributed by atoms with van der Waals surface area (Å²) < 4.78 is 25.9. The molecule has 0 aliphatic carbocycles. The van der Waals surface area contributed by atoms with Gasteiger partial charge in [0.05, 0.1) is 6.61 Å². The minimum Gasteiger partial charge on any atom is -0.472 e. The van der Waals surface area contributed by atoms with E-state index in [0.717, 1.165) is 5.57 Å². The van der Waals surface area contributed by atoms with E-state index in [1.807, 2.05) is 6.92 Å². The number of likely N-dealkylation sites (N-methyl/N-ethyl adjacent to an activating group) is 1. The average Bonchev–Trinajstić information content (AvgIpc) is 3.10. The van der Waals surface area contributed by atoms with Gasteiger partial charge in [0.1, 0.15) is 18.1 Å². The smallest absolute Gasteiger partial charge is 0.251 e. The van der Waals surface area contributed by atoms with Crippen LogP contribution in [0.25, 0.3) is 5.69 Å². The summed E-state index contributed by atoms with van der Waals surface area (Å²) in [5.41, 5.74) is 1.52. The minimum absolute atomic E-state index is 0.202. The van der Waals surface area contributed by atoms with Gasteiger partial charge in [0.15, 0.2) is 0 Å². The summed E-state index contributed by atoms with van der Waals surface area (Å²) in [4.78, 5) is 11.9. The van der Waals surface area contributed by atoms with Crippen LogP contribution in [0.15, 0.2) is 53.8 Å². The molecule has 0 spiro atoms. The second-order valence-corrected chi connectivity index (χ2v) is 5.98. The van der Waals surface area contributed by atoms with Gasteiger partial charge in [0.25, 0.3) is 5.91 Å². The Morgan fingerprint density at radius 1 is 1.33 bits per heavy atom. The molecule has 0 aliphatic rings. The number of ether oxygens (including phenoxy) is 2. The van der Waals surface area contributed by atoms with E-state index in [9.17, 15) is 9.18 Å². The standard InChI is InChI=1S/C19H21ClFN3O3/c1-13(15(8-10-26-3)19(25)22-2)7-11-27-18-6-9-24(23-18)17-5-4-14(20)12-16(17)21/h4-9,12H,10-11H2,1-3H3,(H,22,25)/b13-7-,15-8-. The van der Waals surface area contributed by atoms with Crippen molar-refractivity contribution in [1.82, 2.24) is 15.1 Å². The van der Waals surface area contributed by atoms with E-state index >= 15 is 0 Å². The Morgan fingerprint density at radius 2 is 2.11 bits per heavy atom. The number of nitrogens with one attached hydrogen (secondary N) is 1. The Bertz CT molecular complexity index is 862. The molecular formula is C19H21ClFN3O3. The Hall–Kier alpha value is -2.64. The quantitative estimate of drug-likeness (QED) is 0.552. The molecule has 27 heavy (non-hydrogen) atoms. The molecule has 2 aromatic rings. The molecule has 0 bridgehead atoms. The summed E-state index contributed by atoms with van der Waals surface area (Å²) in [5.74, 6) is -0.356. The van der Waals surface area contributed by atoms with Crippen molar-refractivity contribution in [3.63, 3.8) is 0 Å². The molecule has 0 radical (unpaired) electrons. The predicted molar refractivity (Wildman–Crippen MR) is 102 cm³/mol. The van der Waals surface area contributed by atoms with Crippen LogP contribution in [-0.2, 0) is 9.53 Å². The Labute approximate surface area is 162 Å². The second kappa shape index (κ2) is 9.89. The second-order valence-electron chi connectivity index (χ2n) is 5.54. The van der Waals surface area contributed by atoms with Crippen molar-refractivity contribution in [1.29, 1.82) is 0 Å². The van der Waals surface area contributed by atoms with Gasteiger partial charge in [0.2, 0.25) is 5.88 Å². The largest absolute Gasteiger partial charge is 0.472 e. The molecule has 0 aliphatic heterocycles. The number of nitrogens with zero attached hydrogens (tertiary/aromatic N) is 2. The van der Waals surface area contributed by atoms with E-state index in [4.69, 9.17) is 21.1 Å². The molecular weight excluding hydrogens is 373 g/mol. The summed E-state index contributed by atoms with van der Waals surface area (Å²) in [7, 11) is 3.12. The zero-order chi connectivity index (χ0) is 19.8. The van der Waals surface area contributed by atoms with E-state index in [0.29, 0.717) is 23.1 Å². The fraction of sp³-hybridized carbons (Fsp3) is 0.263. The number of hydrogen-bond donors (Lipinski definition) is 1. The number of rotatable bonds is 8. The van der Waals surface area contributed by atoms with Crippen LogP contribution in [0.5, 0.6) is 5.88 Å².